The van der Waals surface area contributed by atoms with E-state index in [1.807, 2.05) is 37.3 Å². The molecule has 3 aromatic carbocycles. The van der Waals surface area contributed by atoms with Crippen molar-refractivity contribution in [1.29, 1.82) is 0 Å². The number of nitrogens with two attached hydrogens (primary N) is 1. The van der Waals surface area contributed by atoms with Gasteiger partial charge in [0.25, 0.3) is 5.91 Å². The first-order chi connectivity index (χ1) is 23.6. The van der Waals surface area contributed by atoms with E-state index < -0.39 is 29.6 Å². The number of aryl methyl sites for hydroxylation is 1. The molecule has 264 valence electrons. The molecule has 1 aliphatic carbocycles. The molecule has 0 unspecified atom stereocenters. The smallest absolute Gasteiger partial charge is 0.405 e. The summed E-state index contributed by atoms with van der Waals surface area (Å²) in [4.78, 5) is 65.6. The lowest BCUT2D eigenvalue weighted by molar-refractivity contribution is -0.130. The van der Waals surface area contributed by atoms with Crippen LogP contribution in [0.5, 0.6) is 0 Å². The van der Waals surface area contributed by atoms with Crippen LogP contribution in [-0.4, -0.2) is 53.8 Å². The number of carbonyl (C=O) groups excluding carboxylic acids is 4. The van der Waals surface area contributed by atoms with Gasteiger partial charge >= 0.3 is 5.76 Å². The van der Waals surface area contributed by atoms with E-state index in [0.717, 1.165) is 41.2 Å². The number of benzene rings is 3. The molecular formula is C36H40ClFN6O6. The van der Waals surface area contributed by atoms with Gasteiger partial charge in [0.1, 0.15) is 12.1 Å². The highest BCUT2D eigenvalue weighted by atomic mass is 35.5. The zero-order valence-corrected chi connectivity index (χ0v) is 28.3. The van der Waals surface area contributed by atoms with E-state index in [4.69, 9.17) is 10.2 Å². The van der Waals surface area contributed by atoms with Crippen LogP contribution in [0.3, 0.4) is 0 Å². The monoisotopic (exact) mass is 706 g/mol. The molecule has 0 bridgehead atoms. The Hall–Kier alpha value is -5.01. The van der Waals surface area contributed by atoms with E-state index in [1.165, 1.54) is 6.07 Å². The maximum atomic E-state index is 14.6. The van der Waals surface area contributed by atoms with Gasteiger partial charge in [-0.05, 0) is 91.9 Å². The predicted molar refractivity (Wildman–Crippen MR) is 188 cm³/mol. The minimum absolute atomic E-state index is 0. The highest BCUT2D eigenvalue weighted by molar-refractivity contribution is 5.99. The van der Waals surface area contributed by atoms with Crippen LogP contribution in [0.1, 0.15) is 53.6 Å². The fourth-order valence-corrected chi connectivity index (χ4v) is 6.64. The van der Waals surface area contributed by atoms with Crippen molar-refractivity contribution >= 4 is 52.8 Å². The van der Waals surface area contributed by atoms with Gasteiger partial charge in [-0.25, -0.2) is 9.18 Å². The molecule has 7 N–H and O–H groups in total. The van der Waals surface area contributed by atoms with Crippen molar-refractivity contribution in [2.24, 2.45) is 17.6 Å². The second-order valence-corrected chi connectivity index (χ2v) is 12.9. The van der Waals surface area contributed by atoms with Crippen molar-refractivity contribution in [3.8, 4) is 11.1 Å². The van der Waals surface area contributed by atoms with E-state index in [1.54, 1.807) is 12.1 Å². The van der Waals surface area contributed by atoms with Gasteiger partial charge in [0, 0.05) is 36.2 Å². The van der Waals surface area contributed by atoms with Crippen LogP contribution < -0.4 is 32.8 Å². The van der Waals surface area contributed by atoms with Crippen molar-refractivity contribution in [3.63, 3.8) is 0 Å². The summed E-state index contributed by atoms with van der Waals surface area (Å²) in [5.41, 5.74) is 9.68. The summed E-state index contributed by atoms with van der Waals surface area (Å²) >= 11 is 0. The molecule has 14 heteroatoms. The van der Waals surface area contributed by atoms with Gasteiger partial charge < -0.3 is 31.4 Å². The lowest BCUT2D eigenvalue weighted by Crippen LogP contribution is -2.48. The highest BCUT2D eigenvalue weighted by Crippen LogP contribution is 2.29. The molecule has 1 saturated carbocycles. The Balaban J connectivity index is 0.00000486. The zero-order valence-electron chi connectivity index (χ0n) is 27.5. The molecule has 6 rings (SSSR count). The molecular weight excluding hydrogens is 667 g/mol. The number of anilines is 1. The van der Waals surface area contributed by atoms with Gasteiger partial charge in [0.05, 0.1) is 5.52 Å². The molecule has 0 spiro atoms. The van der Waals surface area contributed by atoms with Gasteiger partial charge in [0.2, 0.25) is 17.7 Å². The van der Waals surface area contributed by atoms with Gasteiger partial charge in [-0.3, -0.25) is 24.2 Å². The molecule has 2 atom stereocenters. The lowest BCUT2D eigenvalue weighted by atomic mass is 9.81. The second kappa shape index (κ2) is 15.7. The summed E-state index contributed by atoms with van der Waals surface area (Å²) in [7, 11) is 0. The molecule has 50 heavy (non-hydrogen) atoms. The maximum Gasteiger partial charge on any atom is 0.417 e. The molecule has 1 aliphatic heterocycles. The average Bonchev–Trinajstić information content (AvgIpc) is 3.68. The SMILES string of the molecule is Cc1cc(C(=O)N[C@H]2CCNC2=O)ccc1-c1ccc(C[C@H](NC(=O)C2CCC(CN)CC2)C(=O)Nc2cc(F)c3oc(=O)[nH]c3c2)cc1.Cl. The van der Waals surface area contributed by atoms with Crippen LogP contribution in [0, 0.1) is 24.6 Å². The van der Waals surface area contributed by atoms with Crippen molar-refractivity contribution in [2.45, 2.75) is 57.5 Å². The van der Waals surface area contributed by atoms with E-state index >= 15 is 0 Å². The molecule has 4 aromatic rings. The number of aromatic nitrogens is 1. The summed E-state index contributed by atoms with van der Waals surface area (Å²) in [6.07, 6.45) is 3.77. The van der Waals surface area contributed by atoms with Gasteiger partial charge in [-0.2, -0.15) is 0 Å². The second-order valence-electron chi connectivity index (χ2n) is 12.9. The number of fused-ring (bicyclic) bond motifs is 1. The van der Waals surface area contributed by atoms with Crippen molar-refractivity contribution < 1.29 is 28.0 Å². The predicted octanol–water partition coefficient (Wildman–Crippen LogP) is 3.71. The highest BCUT2D eigenvalue weighted by Gasteiger charge is 2.30. The zero-order chi connectivity index (χ0) is 34.7. The number of oxazole rings is 1. The van der Waals surface area contributed by atoms with Crippen LogP contribution in [0.25, 0.3) is 22.2 Å². The number of amides is 4. The topological polar surface area (TPSA) is 188 Å². The van der Waals surface area contributed by atoms with Crippen molar-refractivity contribution in [3.05, 3.63) is 87.7 Å². The Bertz CT molecular complexity index is 1950. The first-order valence-electron chi connectivity index (χ1n) is 16.5. The Morgan fingerprint density at radius 3 is 2.40 bits per heavy atom. The van der Waals surface area contributed by atoms with E-state index in [2.05, 4.69) is 26.3 Å². The first-order valence-corrected chi connectivity index (χ1v) is 16.5. The van der Waals surface area contributed by atoms with Crippen LogP contribution in [0.2, 0.25) is 0 Å². The molecule has 2 aliphatic rings. The van der Waals surface area contributed by atoms with Crippen LogP contribution in [0.4, 0.5) is 10.1 Å². The Morgan fingerprint density at radius 1 is 1.00 bits per heavy atom. The number of aromatic amines is 1. The van der Waals surface area contributed by atoms with E-state index in [-0.39, 0.29) is 59.3 Å². The summed E-state index contributed by atoms with van der Waals surface area (Å²) in [6, 6.07) is 13.8. The Morgan fingerprint density at radius 2 is 1.74 bits per heavy atom. The van der Waals surface area contributed by atoms with E-state index in [9.17, 15) is 28.4 Å². The third kappa shape index (κ3) is 8.23. The first kappa shape index (κ1) is 36.3. The minimum atomic E-state index is -0.978. The number of nitrogens with one attached hydrogen (secondary N) is 5. The number of rotatable bonds is 10. The number of hydrogen-bond donors (Lipinski definition) is 6. The fourth-order valence-electron chi connectivity index (χ4n) is 6.64. The molecule has 2 fully saturated rings. The molecule has 1 aromatic heterocycles. The van der Waals surface area contributed by atoms with E-state index in [0.29, 0.717) is 43.8 Å². The van der Waals surface area contributed by atoms with Gasteiger partial charge in [0.15, 0.2) is 11.4 Å². The summed E-state index contributed by atoms with van der Waals surface area (Å²) in [5.74, 6) is -2.75. The number of hydrogen-bond acceptors (Lipinski definition) is 7. The maximum absolute atomic E-state index is 14.6. The van der Waals surface area contributed by atoms with Crippen LogP contribution in [-0.2, 0) is 20.8 Å². The lowest BCUT2D eigenvalue weighted by Gasteiger charge is -2.28. The largest absolute Gasteiger partial charge is 0.417 e. The summed E-state index contributed by atoms with van der Waals surface area (Å²) in [5, 5.41) is 11.1. The van der Waals surface area contributed by atoms with Crippen molar-refractivity contribution in [1.82, 2.24) is 20.9 Å². The molecule has 1 saturated heterocycles. The van der Waals surface area contributed by atoms with Crippen LogP contribution in [0.15, 0.2) is 63.8 Å². The molecule has 2 heterocycles. The van der Waals surface area contributed by atoms with Crippen LogP contribution >= 0.6 is 12.4 Å². The number of H-pyrrole nitrogens is 1. The molecule has 12 nitrogen and oxygen atoms in total. The normalized spacial score (nSPS) is 19.3. The summed E-state index contributed by atoms with van der Waals surface area (Å²) < 4.78 is 19.4. The van der Waals surface area contributed by atoms with Gasteiger partial charge in [-0.15, -0.1) is 12.4 Å². The third-order valence-electron chi connectivity index (χ3n) is 9.47. The minimum Gasteiger partial charge on any atom is -0.405 e. The van der Waals surface area contributed by atoms with Gasteiger partial charge in [-0.1, -0.05) is 30.3 Å². The average molecular weight is 707 g/mol. The number of halogens is 2. The fraction of sp³-hybridized carbons (Fsp3) is 0.361. The Labute approximate surface area is 293 Å². The Kier molecular flexibility index (Phi) is 11.4. The third-order valence-corrected chi connectivity index (χ3v) is 9.47. The summed E-state index contributed by atoms with van der Waals surface area (Å²) in [6.45, 7) is 3.02. The standard InChI is InChI=1S/C36H39FN6O6.ClH/c1-19-14-24(33(45)41-28-12-13-39-34(28)46)10-11-26(19)22-6-2-20(3-7-22)15-30(42-32(44)23-8-4-21(18-38)5-9-23)35(47)40-25-16-27(37)31-29(17-25)43-36(48)49-31;/h2-3,6-7,10-11,14,16-17,21,23,28,30H,4-5,8-9,12-13,15,18,38H2,1H3,(H,39,46)(H,40,47)(H,41,45)(H,42,44)(H,43,48);1H/t21?,23?,28-,30-;/m0./s1. The molecule has 0 radical (unpaired) electrons. The quantitative estimate of drug-likeness (QED) is 0.145. The molecule has 4 amide bonds. The number of carbonyl (C=O) groups is 4. The van der Waals surface area contributed by atoms with Crippen molar-refractivity contribution in [2.75, 3.05) is 18.4 Å².